The summed E-state index contributed by atoms with van der Waals surface area (Å²) in [5.41, 5.74) is 2.01. The van der Waals surface area contributed by atoms with Crippen LogP contribution in [0.3, 0.4) is 0 Å². The largest absolute Gasteiger partial charge is 0.496 e. The molecule has 168 valence electrons. The summed E-state index contributed by atoms with van der Waals surface area (Å²) in [4.78, 5) is 23.0. The first-order valence-electron chi connectivity index (χ1n) is 10.9. The maximum absolute atomic E-state index is 13.4. The molecule has 2 aromatic heterocycles. The molecule has 0 N–H and O–H groups in total. The topological polar surface area (TPSA) is 72.6 Å². The van der Waals surface area contributed by atoms with E-state index in [4.69, 9.17) is 4.74 Å². The zero-order valence-corrected chi connectivity index (χ0v) is 18.0. The number of alkyl halides is 2. The molecular weight excluding hydrogens is 416 g/mol. The number of piperidine rings is 1. The summed E-state index contributed by atoms with van der Waals surface area (Å²) >= 11 is 0. The number of amides is 1. The Labute approximate surface area is 184 Å². The molecular formula is C23H25F2N5O2. The van der Waals surface area contributed by atoms with Crippen LogP contribution in [0.15, 0.2) is 30.6 Å². The number of halogens is 2. The minimum atomic E-state index is -2.70. The fourth-order valence-electron chi connectivity index (χ4n) is 4.63. The second kappa shape index (κ2) is 8.11. The lowest BCUT2D eigenvalue weighted by atomic mass is 9.84. The highest BCUT2D eigenvalue weighted by Gasteiger charge is 2.34. The molecule has 1 saturated carbocycles. The van der Waals surface area contributed by atoms with E-state index in [1.807, 2.05) is 18.2 Å². The second-order valence-electron chi connectivity index (χ2n) is 8.73. The van der Waals surface area contributed by atoms with Crippen LogP contribution in [-0.2, 0) is 0 Å². The summed E-state index contributed by atoms with van der Waals surface area (Å²) in [5.74, 6) is 1.36. The standard InChI is InChI=1S/C23H25F2N5O2/c1-13-7-8-29(22(31)15-5-6-16(14-3-4-14)20(9-15)32-2)11-17(13)19-10-18(21(24)25)28-23-26-12-27-30(19)23/h5-6,9-10,12-14,17,21H,3-4,7-8,11H2,1-2H3/t13-,17-/m1/s1. The molecule has 0 spiro atoms. The first-order valence-corrected chi connectivity index (χ1v) is 10.9. The van der Waals surface area contributed by atoms with Crippen LogP contribution < -0.4 is 4.74 Å². The third-order valence-electron chi connectivity index (χ3n) is 6.65. The number of ether oxygens (including phenoxy) is 1. The van der Waals surface area contributed by atoms with Crippen molar-refractivity contribution >= 4 is 11.7 Å². The monoisotopic (exact) mass is 441 g/mol. The third kappa shape index (κ3) is 3.69. The van der Waals surface area contributed by atoms with Crippen LogP contribution >= 0.6 is 0 Å². The predicted octanol–water partition coefficient (Wildman–Crippen LogP) is 4.21. The smallest absolute Gasteiger partial charge is 0.280 e. The van der Waals surface area contributed by atoms with Gasteiger partial charge in [0, 0.05) is 24.6 Å². The molecule has 2 aliphatic rings. The van der Waals surface area contributed by atoms with Crippen molar-refractivity contribution < 1.29 is 18.3 Å². The van der Waals surface area contributed by atoms with Crippen LogP contribution in [0.2, 0.25) is 0 Å². The van der Waals surface area contributed by atoms with Gasteiger partial charge >= 0.3 is 0 Å². The maximum Gasteiger partial charge on any atom is 0.280 e. The average Bonchev–Trinajstić information content (AvgIpc) is 3.54. The molecule has 0 unspecified atom stereocenters. The van der Waals surface area contributed by atoms with E-state index < -0.39 is 6.43 Å². The number of hydrogen-bond donors (Lipinski definition) is 0. The normalized spacial score (nSPS) is 21.3. The van der Waals surface area contributed by atoms with Gasteiger partial charge in [0.15, 0.2) is 0 Å². The Morgan fingerprint density at radius 3 is 2.75 bits per heavy atom. The van der Waals surface area contributed by atoms with Gasteiger partial charge in [-0.25, -0.2) is 18.3 Å². The zero-order valence-electron chi connectivity index (χ0n) is 18.0. The van der Waals surface area contributed by atoms with E-state index in [-0.39, 0.29) is 29.2 Å². The quantitative estimate of drug-likeness (QED) is 0.593. The molecule has 3 heterocycles. The Kier molecular flexibility index (Phi) is 5.27. The molecule has 9 heteroatoms. The molecule has 1 amide bonds. The number of methoxy groups -OCH3 is 1. The van der Waals surface area contributed by atoms with Crippen molar-refractivity contribution in [1.82, 2.24) is 24.5 Å². The SMILES string of the molecule is COc1cc(C(=O)N2CC[C@@H](C)[C@H](c3cc(C(F)F)nc4ncnn34)C2)ccc1C1CC1. The van der Waals surface area contributed by atoms with E-state index in [2.05, 4.69) is 22.0 Å². The Balaban J connectivity index is 1.44. The van der Waals surface area contributed by atoms with Crippen LogP contribution in [0.4, 0.5) is 8.78 Å². The molecule has 1 saturated heterocycles. The maximum atomic E-state index is 13.4. The van der Waals surface area contributed by atoms with E-state index in [1.54, 1.807) is 12.0 Å². The summed E-state index contributed by atoms with van der Waals surface area (Å²) in [5, 5.41) is 4.19. The summed E-state index contributed by atoms with van der Waals surface area (Å²) < 4.78 is 33.9. The lowest BCUT2D eigenvalue weighted by Crippen LogP contribution is -2.42. The summed E-state index contributed by atoms with van der Waals surface area (Å²) in [6, 6.07) is 7.07. The molecule has 1 aliphatic heterocycles. The molecule has 32 heavy (non-hydrogen) atoms. The number of hydrogen-bond acceptors (Lipinski definition) is 5. The average molecular weight is 441 g/mol. The van der Waals surface area contributed by atoms with Crippen molar-refractivity contribution in [2.24, 2.45) is 5.92 Å². The van der Waals surface area contributed by atoms with E-state index in [0.29, 0.717) is 30.3 Å². The van der Waals surface area contributed by atoms with Gasteiger partial charge in [0.05, 0.1) is 12.8 Å². The van der Waals surface area contributed by atoms with E-state index in [0.717, 1.165) is 30.6 Å². The molecule has 1 aliphatic carbocycles. The molecule has 5 rings (SSSR count). The summed E-state index contributed by atoms with van der Waals surface area (Å²) in [6.07, 6.45) is 1.67. The number of aromatic nitrogens is 4. The zero-order chi connectivity index (χ0) is 22.4. The van der Waals surface area contributed by atoms with Gasteiger partial charge < -0.3 is 9.64 Å². The number of benzene rings is 1. The Morgan fingerprint density at radius 2 is 2.03 bits per heavy atom. The van der Waals surface area contributed by atoms with Crippen LogP contribution in [0.25, 0.3) is 5.78 Å². The van der Waals surface area contributed by atoms with Crippen molar-refractivity contribution in [3.05, 3.63) is 53.1 Å². The number of carbonyl (C=O) groups excluding carboxylic acids is 1. The van der Waals surface area contributed by atoms with Gasteiger partial charge in [-0.15, -0.1) is 0 Å². The molecule has 2 fully saturated rings. The molecule has 0 radical (unpaired) electrons. The van der Waals surface area contributed by atoms with Crippen LogP contribution in [-0.4, -0.2) is 50.6 Å². The Hall–Kier alpha value is -3.10. The Bertz CT molecular complexity index is 1160. The van der Waals surface area contributed by atoms with Crippen LogP contribution in [0, 0.1) is 5.92 Å². The minimum Gasteiger partial charge on any atom is -0.496 e. The van der Waals surface area contributed by atoms with Crippen molar-refractivity contribution in [2.75, 3.05) is 20.2 Å². The molecule has 1 aromatic carbocycles. The number of nitrogens with zero attached hydrogens (tertiary/aromatic N) is 5. The van der Waals surface area contributed by atoms with E-state index in [1.165, 1.54) is 16.9 Å². The van der Waals surface area contributed by atoms with Crippen molar-refractivity contribution in [3.8, 4) is 5.75 Å². The summed E-state index contributed by atoms with van der Waals surface area (Å²) in [6.45, 7) is 3.09. The van der Waals surface area contributed by atoms with Gasteiger partial charge in [-0.05, 0) is 54.9 Å². The van der Waals surface area contributed by atoms with Crippen LogP contribution in [0.1, 0.15) is 71.8 Å². The second-order valence-corrected chi connectivity index (χ2v) is 8.73. The van der Waals surface area contributed by atoms with Gasteiger partial charge in [-0.2, -0.15) is 10.1 Å². The lowest BCUT2D eigenvalue weighted by molar-refractivity contribution is 0.0665. The predicted molar refractivity (Wildman–Crippen MR) is 113 cm³/mol. The highest BCUT2D eigenvalue weighted by molar-refractivity contribution is 5.95. The highest BCUT2D eigenvalue weighted by Crippen LogP contribution is 2.44. The van der Waals surface area contributed by atoms with Gasteiger partial charge in [0.2, 0.25) is 0 Å². The van der Waals surface area contributed by atoms with Gasteiger partial charge in [0.1, 0.15) is 17.8 Å². The molecule has 3 aromatic rings. The fourth-order valence-corrected chi connectivity index (χ4v) is 4.63. The number of likely N-dealkylation sites (tertiary alicyclic amines) is 1. The van der Waals surface area contributed by atoms with Gasteiger partial charge in [0.25, 0.3) is 18.1 Å². The molecule has 7 nitrogen and oxygen atoms in total. The van der Waals surface area contributed by atoms with E-state index >= 15 is 0 Å². The van der Waals surface area contributed by atoms with Crippen LogP contribution in [0.5, 0.6) is 5.75 Å². The fraction of sp³-hybridized carbons (Fsp3) is 0.478. The van der Waals surface area contributed by atoms with Gasteiger partial charge in [-0.3, -0.25) is 4.79 Å². The number of rotatable bonds is 5. The van der Waals surface area contributed by atoms with E-state index in [9.17, 15) is 13.6 Å². The summed E-state index contributed by atoms with van der Waals surface area (Å²) in [7, 11) is 1.63. The van der Waals surface area contributed by atoms with Gasteiger partial charge in [-0.1, -0.05) is 13.0 Å². The first kappa shape index (κ1) is 20.8. The van der Waals surface area contributed by atoms with Crippen molar-refractivity contribution in [2.45, 2.75) is 44.4 Å². The highest BCUT2D eigenvalue weighted by atomic mass is 19.3. The molecule has 2 atom stereocenters. The minimum absolute atomic E-state index is 0.0829. The first-order chi connectivity index (χ1) is 15.5. The Morgan fingerprint density at radius 1 is 1.22 bits per heavy atom. The number of fused-ring (bicyclic) bond motifs is 1. The molecule has 0 bridgehead atoms. The van der Waals surface area contributed by atoms with Crippen molar-refractivity contribution in [1.29, 1.82) is 0 Å². The lowest BCUT2D eigenvalue weighted by Gasteiger charge is -2.37. The van der Waals surface area contributed by atoms with Crippen molar-refractivity contribution in [3.63, 3.8) is 0 Å². The third-order valence-corrected chi connectivity index (χ3v) is 6.65. The number of carbonyl (C=O) groups is 1.